The van der Waals surface area contributed by atoms with Gasteiger partial charge in [0.15, 0.2) is 16.1 Å². The third-order valence-electron chi connectivity index (χ3n) is 2.37. The third-order valence-corrected chi connectivity index (χ3v) is 2.89. The van der Waals surface area contributed by atoms with Crippen LogP contribution in [0, 0.1) is 5.82 Å². The molecule has 2 rings (SSSR count). The first kappa shape index (κ1) is 14.5. The van der Waals surface area contributed by atoms with Gasteiger partial charge in [0.2, 0.25) is 0 Å². The zero-order chi connectivity index (χ0) is 14.4. The quantitative estimate of drug-likeness (QED) is 0.844. The Bertz CT molecular complexity index is 610. The van der Waals surface area contributed by atoms with Crippen molar-refractivity contribution in [3.8, 4) is 0 Å². The molecule has 20 heavy (non-hydrogen) atoms. The minimum absolute atomic E-state index is 0.229. The zero-order valence-electron chi connectivity index (χ0n) is 10.3. The van der Waals surface area contributed by atoms with E-state index in [4.69, 9.17) is 23.8 Å². The van der Waals surface area contributed by atoms with Crippen LogP contribution in [0.1, 0.15) is 5.69 Å². The average molecular weight is 312 g/mol. The van der Waals surface area contributed by atoms with E-state index in [1.807, 2.05) is 0 Å². The van der Waals surface area contributed by atoms with Gasteiger partial charge in [0, 0.05) is 31.6 Å². The van der Waals surface area contributed by atoms with E-state index in [1.165, 1.54) is 18.5 Å². The normalized spacial score (nSPS) is 10.1. The second-order valence-corrected chi connectivity index (χ2v) is 4.52. The summed E-state index contributed by atoms with van der Waals surface area (Å²) in [4.78, 5) is 11.8. The number of nitrogens with one attached hydrogen (secondary N) is 2. The molecular weight excluding hydrogens is 301 g/mol. The molecule has 0 aliphatic heterocycles. The molecule has 5 nitrogen and oxygen atoms in total. The van der Waals surface area contributed by atoms with E-state index in [2.05, 4.69) is 25.6 Å². The summed E-state index contributed by atoms with van der Waals surface area (Å²) in [7, 11) is 0. The Morgan fingerprint density at radius 1 is 1.25 bits per heavy atom. The Morgan fingerprint density at radius 2 is 2.05 bits per heavy atom. The van der Waals surface area contributed by atoms with Crippen molar-refractivity contribution in [1.29, 1.82) is 0 Å². The molecule has 0 saturated heterocycles. The first-order valence-corrected chi connectivity index (χ1v) is 6.56. The van der Waals surface area contributed by atoms with Gasteiger partial charge in [0.05, 0.1) is 5.69 Å². The van der Waals surface area contributed by atoms with Crippen LogP contribution in [0.25, 0.3) is 0 Å². The van der Waals surface area contributed by atoms with E-state index in [0.29, 0.717) is 29.6 Å². The molecule has 8 heteroatoms. The number of hydrogen-bond acceptors (Lipinski definition) is 4. The SMILES string of the molecule is Fc1cccnc1CCNC(=S)Nc1nccnc1Cl. The number of thiocarbonyl (C=S) groups is 1. The van der Waals surface area contributed by atoms with E-state index >= 15 is 0 Å². The molecule has 0 aromatic carbocycles. The number of anilines is 1. The lowest BCUT2D eigenvalue weighted by Gasteiger charge is -2.10. The molecule has 0 bridgehead atoms. The van der Waals surface area contributed by atoms with Gasteiger partial charge in [-0.05, 0) is 24.4 Å². The van der Waals surface area contributed by atoms with Crippen molar-refractivity contribution >= 4 is 34.7 Å². The lowest BCUT2D eigenvalue weighted by molar-refractivity contribution is 0.596. The minimum Gasteiger partial charge on any atom is -0.362 e. The highest BCUT2D eigenvalue weighted by Crippen LogP contribution is 2.13. The van der Waals surface area contributed by atoms with E-state index < -0.39 is 0 Å². The fraction of sp³-hybridized carbons (Fsp3) is 0.167. The first-order valence-electron chi connectivity index (χ1n) is 5.77. The summed E-state index contributed by atoms with van der Waals surface area (Å²) in [5.41, 5.74) is 0.389. The second kappa shape index (κ2) is 7.06. The van der Waals surface area contributed by atoms with Crippen LogP contribution in [0.5, 0.6) is 0 Å². The van der Waals surface area contributed by atoms with Gasteiger partial charge in [-0.15, -0.1) is 0 Å². The predicted molar refractivity (Wildman–Crippen MR) is 79.2 cm³/mol. The molecule has 0 fully saturated rings. The molecule has 0 atom stereocenters. The van der Waals surface area contributed by atoms with Crippen molar-refractivity contribution in [1.82, 2.24) is 20.3 Å². The molecule has 104 valence electrons. The molecule has 0 spiro atoms. The van der Waals surface area contributed by atoms with Crippen molar-refractivity contribution in [2.45, 2.75) is 6.42 Å². The largest absolute Gasteiger partial charge is 0.362 e. The van der Waals surface area contributed by atoms with E-state index in [1.54, 1.807) is 12.3 Å². The van der Waals surface area contributed by atoms with Crippen LogP contribution in [0.15, 0.2) is 30.7 Å². The number of rotatable bonds is 4. The zero-order valence-corrected chi connectivity index (χ0v) is 11.9. The Balaban J connectivity index is 1.82. The highest BCUT2D eigenvalue weighted by Gasteiger charge is 2.05. The van der Waals surface area contributed by atoms with Crippen molar-refractivity contribution in [2.75, 3.05) is 11.9 Å². The van der Waals surface area contributed by atoms with Gasteiger partial charge >= 0.3 is 0 Å². The maximum atomic E-state index is 13.3. The van der Waals surface area contributed by atoms with Crippen molar-refractivity contribution < 1.29 is 4.39 Å². The fourth-order valence-electron chi connectivity index (χ4n) is 1.45. The number of aromatic nitrogens is 3. The fourth-order valence-corrected chi connectivity index (χ4v) is 1.80. The lowest BCUT2D eigenvalue weighted by Crippen LogP contribution is -2.31. The number of hydrogen-bond donors (Lipinski definition) is 2. The summed E-state index contributed by atoms with van der Waals surface area (Å²) >= 11 is 10.9. The summed E-state index contributed by atoms with van der Waals surface area (Å²) in [6, 6.07) is 2.92. The van der Waals surface area contributed by atoms with Crippen molar-refractivity contribution in [3.05, 3.63) is 47.4 Å². The average Bonchev–Trinajstić information content (AvgIpc) is 2.43. The van der Waals surface area contributed by atoms with Crippen LogP contribution < -0.4 is 10.6 Å². The van der Waals surface area contributed by atoms with E-state index in [-0.39, 0.29) is 11.0 Å². The van der Waals surface area contributed by atoms with Crippen LogP contribution in [-0.2, 0) is 6.42 Å². The van der Waals surface area contributed by atoms with Gasteiger partial charge in [-0.25, -0.2) is 14.4 Å². The van der Waals surface area contributed by atoms with Crippen molar-refractivity contribution in [2.24, 2.45) is 0 Å². The minimum atomic E-state index is -0.329. The smallest absolute Gasteiger partial charge is 0.172 e. The lowest BCUT2D eigenvalue weighted by atomic mass is 10.2. The van der Waals surface area contributed by atoms with Gasteiger partial charge in [0.25, 0.3) is 0 Å². The van der Waals surface area contributed by atoms with Gasteiger partial charge < -0.3 is 10.6 Å². The molecule has 0 aliphatic rings. The maximum absolute atomic E-state index is 13.3. The molecule has 0 amide bonds. The standard InChI is InChI=1S/C12H11ClFN5S/c13-10-11(17-7-6-16-10)19-12(20)18-5-3-9-8(14)2-1-4-15-9/h1-2,4,6-7H,3,5H2,(H2,17,18,19,20). The van der Waals surface area contributed by atoms with Crippen molar-refractivity contribution in [3.63, 3.8) is 0 Å². The maximum Gasteiger partial charge on any atom is 0.172 e. The monoisotopic (exact) mass is 311 g/mol. The summed E-state index contributed by atoms with van der Waals surface area (Å²) in [5, 5.41) is 6.30. The summed E-state index contributed by atoms with van der Waals surface area (Å²) in [6.45, 7) is 0.442. The number of pyridine rings is 1. The topological polar surface area (TPSA) is 62.7 Å². The van der Waals surface area contributed by atoms with Crippen LogP contribution in [-0.4, -0.2) is 26.6 Å². The molecule has 0 saturated carbocycles. The Morgan fingerprint density at radius 3 is 2.80 bits per heavy atom. The van der Waals surface area contributed by atoms with Gasteiger partial charge in [0.1, 0.15) is 5.82 Å². The summed E-state index contributed by atoms with van der Waals surface area (Å²) in [5.74, 6) is 0.0424. The Hall–Kier alpha value is -1.86. The van der Waals surface area contributed by atoms with Crippen LogP contribution in [0.4, 0.5) is 10.2 Å². The summed E-state index contributed by atoms with van der Waals surface area (Å²) in [6.07, 6.45) is 4.95. The van der Waals surface area contributed by atoms with Gasteiger partial charge in [-0.3, -0.25) is 4.98 Å². The predicted octanol–water partition coefficient (Wildman–Crippen LogP) is 2.19. The molecule has 0 aliphatic carbocycles. The Labute approximate surface area is 125 Å². The molecule has 2 aromatic rings. The first-order chi connectivity index (χ1) is 9.66. The molecule has 2 aromatic heterocycles. The van der Waals surface area contributed by atoms with Crippen LogP contribution in [0.3, 0.4) is 0 Å². The van der Waals surface area contributed by atoms with Gasteiger partial charge in [-0.1, -0.05) is 11.6 Å². The second-order valence-electron chi connectivity index (χ2n) is 3.76. The number of nitrogens with zero attached hydrogens (tertiary/aromatic N) is 3. The van der Waals surface area contributed by atoms with Crippen LogP contribution in [0.2, 0.25) is 5.15 Å². The molecule has 0 radical (unpaired) electrons. The summed E-state index contributed by atoms with van der Waals surface area (Å²) < 4.78 is 13.3. The molecular formula is C12H11ClFN5S. The van der Waals surface area contributed by atoms with Crippen LogP contribution >= 0.6 is 23.8 Å². The third kappa shape index (κ3) is 4.07. The molecule has 2 N–H and O–H groups in total. The molecule has 2 heterocycles. The Kier molecular flexibility index (Phi) is 5.14. The van der Waals surface area contributed by atoms with Gasteiger partial charge in [-0.2, -0.15) is 0 Å². The van der Waals surface area contributed by atoms with E-state index in [0.717, 1.165) is 0 Å². The number of halogens is 2. The molecule has 0 unspecified atom stereocenters. The highest BCUT2D eigenvalue weighted by atomic mass is 35.5. The van der Waals surface area contributed by atoms with E-state index in [9.17, 15) is 4.39 Å². The highest BCUT2D eigenvalue weighted by molar-refractivity contribution is 7.80.